The van der Waals surface area contributed by atoms with Gasteiger partial charge in [-0.05, 0) is 97.2 Å². The molecule has 1 heterocycles. The zero-order valence-corrected chi connectivity index (χ0v) is 23.7. The van der Waals surface area contributed by atoms with Crippen LogP contribution in [0.5, 0.6) is 0 Å². The topological polar surface area (TPSA) is 76.1 Å². The lowest BCUT2D eigenvalue weighted by Crippen LogP contribution is -2.30. The van der Waals surface area contributed by atoms with Crippen LogP contribution in [0.25, 0.3) is 21.9 Å². The van der Waals surface area contributed by atoms with Gasteiger partial charge in [0.05, 0.1) is 6.54 Å². The molecule has 0 fully saturated rings. The van der Waals surface area contributed by atoms with Gasteiger partial charge in [-0.3, -0.25) is 14.6 Å². The zero-order valence-electron chi connectivity index (χ0n) is 23.7. The molecule has 5 heteroatoms. The van der Waals surface area contributed by atoms with Crippen molar-refractivity contribution in [3.63, 3.8) is 0 Å². The number of nitrogens with zero attached hydrogens (tertiary/aromatic N) is 1. The Bertz CT molecular complexity index is 1490. The van der Waals surface area contributed by atoms with Gasteiger partial charge in [0.25, 0.3) is 0 Å². The molecule has 4 aromatic rings. The Morgan fingerprint density at radius 1 is 0.775 bits per heavy atom. The van der Waals surface area contributed by atoms with Gasteiger partial charge in [0, 0.05) is 31.2 Å². The molecule has 5 nitrogen and oxygen atoms in total. The summed E-state index contributed by atoms with van der Waals surface area (Å²) in [4.78, 5) is 41.4. The number of fused-ring (bicyclic) bond motifs is 1. The van der Waals surface area contributed by atoms with Crippen LogP contribution in [0.15, 0.2) is 79.0 Å². The molecule has 0 aliphatic rings. The molecular weight excluding hydrogens is 496 g/mol. The molecule has 40 heavy (non-hydrogen) atoms. The fourth-order valence-corrected chi connectivity index (χ4v) is 5.11. The van der Waals surface area contributed by atoms with Gasteiger partial charge in [-0.15, -0.1) is 0 Å². The molecule has 1 N–H and O–H groups in total. The Hall–Kier alpha value is -4.12. The minimum Gasteiger partial charge on any atom is -0.349 e. The molecular formula is C35H38N2O3. The number of nitrogens with one attached hydrogen (secondary N) is 1. The number of benzene rings is 3. The van der Waals surface area contributed by atoms with Crippen molar-refractivity contribution < 1.29 is 14.4 Å². The first-order chi connectivity index (χ1) is 19.3. The highest BCUT2D eigenvalue weighted by atomic mass is 16.2. The summed E-state index contributed by atoms with van der Waals surface area (Å²) in [7, 11) is 0. The van der Waals surface area contributed by atoms with Crippen molar-refractivity contribution >= 4 is 28.2 Å². The highest BCUT2D eigenvalue weighted by Crippen LogP contribution is 2.29. The van der Waals surface area contributed by atoms with Crippen LogP contribution in [-0.4, -0.2) is 29.0 Å². The zero-order chi connectivity index (χ0) is 28.5. The summed E-state index contributed by atoms with van der Waals surface area (Å²) < 4.78 is 0. The van der Waals surface area contributed by atoms with Crippen molar-refractivity contribution in [2.75, 3.05) is 6.54 Å². The summed E-state index contributed by atoms with van der Waals surface area (Å²) in [5.41, 5.74) is 6.62. The number of aryl methyl sites for hydroxylation is 3. The Labute approximate surface area is 237 Å². The average Bonchev–Trinajstić information content (AvgIpc) is 2.93. The number of amides is 1. The van der Waals surface area contributed by atoms with Crippen molar-refractivity contribution in [2.24, 2.45) is 0 Å². The average molecular weight is 535 g/mol. The number of Topliss-reactive ketones (excluding diaryl/α,β-unsaturated/α-hetero) is 2. The first-order valence-corrected chi connectivity index (χ1v) is 14.1. The molecule has 1 aromatic heterocycles. The maximum atomic E-state index is 12.8. The molecule has 0 saturated carbocycles. The molecule has 206 valence electrons. The van der Waals surface area contributed by atoms with Gasteiger partial charge in [0.1, 0.15) is 5.78 Å². The molecule has 0 radical (unpaired) electrons. The Kier molecular flexibility index (Phi) is 9.96. The standard InChI is InChI=1S/C35H38N2O3/c1-24-8-9-31-21-30(15-14-29(31)18-24)27-10-12-28(13-11-27)32(20-26(3)38)22-34(39)23-37-35(40)7-5-4-6-33-19-25(2)16-17-36-33/h8-19,21,32H,4-7,20,22-23H2,1-3H3,(H,37,40)/t32-/m1/s1. The van der Waals surface area contributed by atoms with E-state index in [0.717, 1.165) is 41.6 Å². The van der Waals surface area contributed by atoms with E-state index in [1.165, 1.54) is 21.9 Å². The van der Waals surface area contributed by atoms with Crippen LogP contribution in [0, 0.1) is 13.8 Å². The fraction of sp³-hybridized carbons (Fsp3) is 0.314. The predicted molar refractivity (Wildman–Crippen MR) is 161 cm³/mol. The summed E-state index contributed by atoms with van der Waals surface area (Å²) in [6, 6.07) is 25.0. The highest BCUT2D eigenvalue weighted by Gasteiger charge is 2.19. The molecule has 3 aromatic carbocycles. The SMILES string of the molecule is CC(=O)C[C@H](CC(=O)CNC(=O)CCCCc1cc(C)ccn1)c1ccc(-c2ccc3cc(C)ccc3c2)cc1. The molecule has 0 saturated heterocycles. The van der Waals surface area contributed by atoms with E-state index in [1.807, 2.05) is 31.3 Å². The molecule has 4 rings (SSSR count). The van der Waals surface area contributed by atoms with Crippen molar-refractivity contribution in [1.29, 1.82) is 0 Å². The number of unbranched alkanes of at least 4 members (excludes halogenated alkanes) is 1. The first kappa shape index (κ1) is 28.9. The molecule has 0 spiro atoms. The lowest BCUT2D eigenvalue weighted by Gasteiger charge is -2.16. The second kappa shape index (κ2) is 13.8. The number of rotatable bonds is 13. The Balaban J connectivity index is 1.29. The number of carbonyl (C=O) groups excluding carboxylic acids is 3. The third-order valence-electron chi connectivity index (χ3n) is 7.26. The van der Waals surface area contributed by atoms with E-state index in [9.17, 15) is 14.4 Å². The molecule has 1 atom stereocenters. The molecule has 0 aliphatic heterocycles. The van der Waals surface area contributed by atoms with Crippen LogP contribution >= 0.6 is 0 Å². The van der Waals surface area contributed by atoms with Crippen LogP contribution in [0.4, 0.5) is 0 Å². The number of carbonyl (C=O) groups is 3. The number of ketones is 2. The summed E-state index contributed by atoms with van der Waals surface area (Å²) in [6.45, 7) is 5.67. The summed E-state index contributed by atoms with van der Waals surface area (Å²) >= 11 is 0. The minimum atomic E-state index is -0.211. The van der Waals surface area contributed by atoms with E-state index < -0.39 is 0 Å². The molecule has 0 bridgehead atoms. The van der Waals surface area contributed by atoms with Gasteiger partial charge in [0.15, 0.2) is 5.78 Å². The summed E-state index contributed by atoms with van der Waals surface area (Å²) in [6.07, 6.45) is 5.14. The third-order valence-corrected chi connectivity index (χ3v) is 7.26. The van der Waals surface area contributed by atoms with E-state index in [-0.39, 0.29) is 36.4 Å². The normalized spacial score (nSPS) is 11.8. The lowest BCUT2D eigenvalue weighted by atomic mass is 9.88. The summed E-state index contributed by atoms with van der Waals surface area (Å²) in [5, 5.41) is 5.17. The smallest absolute Gasteiger partial charge is 0.220 e. The molecule has 1 amide bonds. The van der Waals surface area contributed by atoms with Crippen LogP contribution in [0.2, 0.25) is 0 Å². The first-order valence-electron chi connectivity index (χ1n) is 14.1. The minimum absolute atomic E-state index is 0.0126. The van der Waals surface area contributed by atoms with Crippen LogP contribution < -0.4 is 5.32 Å². The third kappa shape index (κ3) is 8.44. The van der Waals surface area contributed by atoms with Crippen molar-refractivity contribution in [2.45, 2.75) is 65.2 Å². The van der Waals surface area contributed by atoms with Crippen molar-refractivity contribution in [1.82, 2.24) is 10.3 Å². The largest absolute Gasteiger partial charge is 0.349 e. The van der Waals surface area contributed by atoms with Gasteiger partial charge in [-0.25, -0.2) is 0 Å². The lowest BCUT2D eigenvalue weighted by molar-refractivity contribution is -0.125. The number of hydrogen-bond acceptors (Lipinski definition) is 4. The fourth-order valence-electron chi connectivity index (χ4n) is 5.11. The van der Waals surface area contributed by atoms with E-state index >= 15 is 0 Å². The molecule has 0 aliphatic carbocycles. The second-order valence-electron chi connectivity index (χ2n) is 10.8. The van der Waals surface area contributed by atoms with Crippen LogP contribution in [0.1, 0.15) is 67.3 Å². The van der Waals surface area contributed by atoms with Gasteiger partial charge in [-0.1, -0.05) is 60.2 Å². The Morgan fingerprint density at radius 2 is 1.48 bits per heavy atom. The van der Waals surface area contributed by atoms with Gasteiger partial charge < -0.3 is 10.1 Å². The number of hydrogen-bond donors (Lipinski definition) is 1. The quantitative estimate of drug-likeness (QED) is 0.186. The second-order valence-corrected chi connectivity index (χ2v) is 10.8. The maximum Gasteiger partial charge on any atom is 0.220 e. The van der Waals surface area contributed by atoms with E-state index in [0.29, 0.717) is 12.8 Å². The monoisotopic (exact) mass is 534 g/mol. The van der Waals surface area contributed by atoms with E-state index in [2.05, 4.69) is 71.8 Å². The summed E-state index contributed by atoms with van der Waals surface area (Å²) in [5.74, 6) is -0.364. The number of aromatic nitrogens is 1. The number of pyridine rings is 1. The van der Waals surface area contributed by atoms with E-state index in [1.54, 1.807) is 6.92 Å². The predicted octanol–water partition coefficient (Wildman–Crippen LogP) is 7.07. The van der Waals surface area contributed by atoms with Gasteiger partial charge >= 0.3 is 0 Å². The maximum absolute atomic E-state index is 12.8. The van der Waals surface area contributed by atoms with Crippen LogP contribution in [0.3, 0.4) is 0 Å². The van der Waals surface area contributed by atoms with Crippen LogP contribution in [-0.2, 0) is 20.8 Å². The highest BCUT2D eigenvalue weighted by molar-refractivity contribution is 5.88. The van der Waals surface area contributed by atoms with E-state index in [4.69, 9.17) is 0 Å². The van der Waals surface area contributed by atoms with Crippen molar-refractivity contribution in [3.05, 3.63) is 101 Å². The van der Waals surface area contributed by atoms with Crippen molar-refractivity contribution in [3.8, 4) is 11.1 Å². The molecule has 0 unspecified atom stereocenters. The van der Waals surface area contributed by atoms with Gasteiger partial charge in [-0.2, -0.15) is 0 Å². The van der Waals surface area contributed by atoms with Gasteiger partial charge in [0.2, 0.25) is 5.91 Å². The Morgan fingerprint density at radius 3 is 2.23 bits per heavy atom.